The van der Waals surface area contributed by atoms with Gasteiger partial charge in [-0.3, -0.25) is 9.69 Å². The topological polar surface area (TPSA) is 78.5 Å². The van der Waals surface area contributed by atoms with Crippen molar-refractivity contribution in [2.24, 2.45) is 0 Å². The fourth-order valence-electron chi connectivity index (χ4n) is 2.84. The fraction of sp³-hybridized carbons (Fsp3) is 0.562. The lowest BCUT2D eigenvalue weighted by Gasteiger charge is -2.28. The van der Waals surface area contributed by atoms with Crippen molar-refractivity contribution in [3.05, 3.63) is 35.9 Å². The summed E-state index contributed by atoms with van der Waals surface area (Å²) in [7, 11) is -3.25. The second-order valence-electron chi connectivity index (χ2n) is 5.89. The van der Waals surface area contributed by atoms with Crippen molar-refractivity contribution in [1.82, 2.24) is 14.9 Å². The quantitative estimate of drug-likeness (QED) is 0.737. The van der Waals surface area contributed by atoms with E-state index >= 15 is 0 Å². The van der Waals surface area contributed by atoms with Crippen LogP contribution < -0.4 is 10.0 Å². The van der Waals surface area contributed by atoms with Gasteiger partial charge in [0.05, 0.1) is 12.3 Å². The van der Waals surface area contributed by atoms with Crippen LogP contribution in [0.1, 0.15) is 30.9 Å². The maximum Gasteiger partial charge on any atom is 0.221 e. The number of hydrogen-bond donors (Lipinski definition) is 2. The van der Waals surface area contributed by atoms with E-state index in [-0.39, 0.29) is 24.9 Å². The Bertz CT molecular complexity index is 598. The van der Waals surface area contributed by atoms with Crippen LogP contribution in [0.4, 0.5) is 0 Å². The summed E-state index contributed by atoms with van der Waals surface area (Å²) in [5.74, 6) is -0.138. The van der Waals surface area contributed by atoms with Crippen LogP contribution in [0.2, 0.25) is 0 Å². The third kappa shape index (κ3) is 6.29. The highest BCUT2D eigenvalue weighted by molar-refractivity contribution is 7.88. The minimum absolute atomic E-state index is 0.129. The van der Waals surface area contributed by atoms with E-state index in [1.165, 1.54) is 18.4 Å². The molecule has 6 nitrogen and oxygen atoms in total. The first-order valence-electron chi connectivity index (χ1n) is 7.96. The van der Waals surface area contributed by atoms with Crippen LogP contribution in [0.3, 0.4) is 0 Å². The number of sulfonamides is 1. The predicted octanol–water partition coefficient (Wildman–Crippen LogP) is 0.879. The third-order valence-corrected chi connectivity index (χ3v) is 4.70. The van der Waals surface area contributed by atoms with E-state index in [0.29, 0.717) is 6.54 Å². The number of rotatable bonds is 8. The minimum Gasteiger partial charge on any atom is -0.354 e. The Kier molecular flexibility index (Phi) is 6.56. The SMILES string of the molecule is CS(=O)(=O)NCCC(=O)NCC(c1ccccc1)N1CCCC1. The molecule has 7 heteroatoms. The molecule has 128 valence electrons. The second kappa shape index (κ2) is 8.42. The monoisotopic (exact) mass is 339 g/mol. The molecule has 1 fully saturated rings. The number of carbonyl (C=O) groups excluding carboxylic acids is 1. The molecule has 0 bridgehead atoms. The molecule has 1 aromatic carbocycles. The Hall–Kier alpha value is -1.44. The highest BCUT2D eigenvalue weighted by Crippen LogP contribution is 2.24. The highest BCUT2D eigenvalue weighted by atomic mass is 32.2. The maximum atomic E-state index is 11.9. The smallest absolute Gasteiger partial charge is 0.221 e. The molecule has 0 radical (unpaired) electrons. The maximum absolute atomic E-state index is 11.9. The number of nitrogens with zero attached hydrogens (tertiary/aromatic N) is 1. The van der Waals surface area contributed by atoms with Crippen LogP contribution >= 0.6 is 0 Å². The standard InChI is InChI=1S/C16H25N3O3S/c1-23(21,22)18-10-9-16(20)17-13-15(19-11-5-6-12-19)14-7-3-2-4-8-14/h2-4,7-8,15,18H,5-6,9-13H2,1H3,(H,17,20). The van der Waals surface area contributed by atoms with Gasteiger partial charge in [-0.05, 0) is 31.5 Å². The van der Waals surface area contributed by atoms with Crippen LogP contribution in [-0.2, 0) is 14.8 Å². The lowest BCUT2D eigenvalue weighted by molar-refractivity contribution is -0.121. The van der Waals surface area contributed by atoms with E-state index in [9.17, 15) is 13.2 Å². The number of benzene rings is 1. The van der Waals surface area contributed by atoms with E-state index in [2.05, 4.69) is 27.1 Å². The Balaban J connectivity index is 1.87. The van der Waals surface area contributed by atoms with Gasteiger partial charge in [0, 0.05) is 19.5 Å². The number of hydrogen-bond acceptors (Lipinski definition) is 4. The van der Waals surface area contributed by atoms with Gasteiger partial charge < -0.3 is 5.32 Å². The molecule has 1 aromatic rings. The van der Waals surface area contributed by atoms with Crippen LogP contribution in [0, 0.1) is 0 Å². The first-order valence-corrected chi connectivity index (χ1v) is 9.85. The highest BCUT2D eigenvalue weighted by Gasteiger charge is 2.23. The summed E-state index contributed by atoms with van der Waals surface area (Å²) in [6.45, 7) is 2.77. The molecular formula is C16H25N3O3S. The third-order valence-electron chi connectivity index (χ3n) is 3.97. The van der Waals surface area contributed by atoms with Gasteiger partial charge in [-0.15, -0.1) is 0 Å². The molecule has 0 aromatic heterocycles. The van der Waals surface area contributed by atoms with Gasteiger partial charge in [-0.25, -0.2) is 13.1 Å². The molecule has 0 spiro atoms. The number of nitrogens with one attached hydrogen (secondary N) is 2. The first-order chi connectivity index (χ1) is 11.0. The van der Waals surface area contributed by atoms with Crippen molar-refractivity contribution >= 4 is 15.9 Å². The van der Waals surface area contributed by atoms with E-state index in [4.69, 9.17) is 0 Å². The predicted molar refractivity (Wildman–Crippen MR) is 90.5 cm³/mol. The van der Waals surface area contributed by atoms with Crippen molar-refractivity contribution in [2.75, 3.05) is 32.4 Å². The average Bonchev–Trinajstić information content (AvgIpc) is 3.01. The summed E-state index contributed by atoms with van der Waals surface area (Å²) < 4.78 is 24.3. The van der Waals surface area contributed by atoms with Gasteiger partial charge in [-0.2, -0.15) is 0 Å². The van der Waals surface area contributed by atoms with Crippen LogP contribution in [-0.4, -0.2) is 51.7 Å². The van der Waals surface area contributed by atoms with Gasteiger partial charge in [-0.1, -0.05) is 30.3 Å². The first kappa shape index (κ1) is 17.9. The van der Waals surface area contributed by atoms with Crippen molar-refractivity contribution in [2.45, 2.75) is 25.3 Å². The second-order valence-corrected chi connectivity index (χ2v) is 7.72. The molecule has 0 aliphatic carbocycles. The van der Waals surface area contributed by atoms with Crippen LogP contribution in [0.15, 0.2) is 30.3 Å². The molecule has 1 aliphatic rings. The largest absolute Gasteiger partial charge is 0.354 e. The molecule has 1 aliphatic heterocycles. The summed E-state index contributed by atoms with van der Waals surface area (Å²) in [4.78, 5) is 14.3. The molecule has 23 heavy (non-hydrogen) atoms. The fourth-order valence-corrected chi connectivity index (χ4v) is 3.31. The number of amides is 1. The van der Waals surface area contributed by atoms with Gasteiger partial charge in [0.15, 0.2) is 0 Å². The van der Waals surface area contributed by atoms with Crippen LogP contribution in [0.25, 0.3) is 0 Å². The molecular weight excluding hydrogens is 314 g/mol. The summed E-state index contributed by atoms with van der Waals surface area (Å²) in [6.07, 6.45) is 3.61. The van der Waals surface area contributed by atoms with Gasteiger partial charge >= 0.3 is 0 Å². The Morgan fingerprint density at radius 2 is 1.87 bits per heavy atom. The molecule has 1 atom stereocenters. The van der Waals surface area contributed by atoms with Crippen molar-refractivity contribution in [3.63, 3.8) is 0 Å². The van der Waals surface area contributed by atoms with E-state index in [1.54, 1.807) is 0 Å². The summed E-state index contributed by atoms with van der Waals surface area (Å²) in [6, 6.07) is 10.3. The number of likely N-dealkylation sites (tertiary alicyclic amines) is 1. The zero-order valence-corrected chi connectivity index (χ0v) is 14.3. The Morgan fingerprint density at radius 3 is 2.48 bits per heavy atom. The number of carbonyl (C=O) groups is 1. The molecule has 1 unspecified atom stereocenters. The normalized spacial score (nSPS) is 17.1. The van der Waals surface area contributed by atoms with Crippen molar-refractivity contribution in [1.29, 1.82) is 0 Å². The van der Waals surface area contributed by atoms with Gasteiger partial charge in [0.25, 0.3) is 0 Å². The summed E-state index contributed by atoms with van der Waals surface area (Å²) >= 11 is 0. The molecule has 2 N–H and O–H groups in total. The summed E-state index contributed by atoms with van der Waals surface area (Å²) in [5.41, 5.74) is 1.20. The van der Waals surface area contributed by atoms with Crippen LogP contribution in [0.5, 0.6) is 0 Å². The minimum atomic E-state index is -3.25. The lowest BCUT2D eigenvalue weighted by atomic mass is 10.1. The average molecular weight is 339 g/mol. The molecule has 2 rings (SSSR count). The van der Waals surface area contributed by atoms with Crippen molar-refractivity contribution in [3.8, 4) is 0 Å². The van der Waals surface area contributed by atoms with E-state index in [0.717, 1.165) is 19.3 Å². The zero-order chi connectivity index (χ0) is 16.7. The molecule has 1 heterocycles. The molecule has 0 saturated carbocycles. The lowest BCUT2D eigenvalue weighted by Crippen LogP contribution is -2.38. The molecule has 1 saturated heterocycles. The summed E-state index contributed by atoms with van der Waals surface area (Å²) in [5, 5.41) is 2.93. The van der Waals surface area contributed by atoms with Crippen molar-refractivity contribution < 1.29 is 13.2 Å². The van der Waals surface area contributed by atoms with Gasteiger partial charge in [0.2, 0.25) is 15.9 Å². The Labute approximate surface area is 138 Å². The molecule has 1 amide bonds. The Morgan fingerprint density at radius 1 is 1.22 bits per heavy atom. The van der Waals surface area contributed by atoms with E-state index < -0.39 is 10.0 Å². The van der Waals surface area contributed by atoms with Gasteiger partial charge in [0.1, 0.15) is 0 Å². The van der Waals surface area contributed by atoms with E-state index in [1.807, 2.05) is 18.2 Å². The zero-order valence-electron chi connectivity index (χ0n) is 13.5.